The predicted octanol–water partition coefficient (Wildman–Crippen LogP) is 1.52. The summed E-state index contributed by atoms with van der Waals surface area (Å²) >= 11 is 3.33. The molecule has 0 aromatic heterocycles. The van der Waals surface area contributed by atoms with Crippen molar-refractivity contribution in [2.24, 2.45) is 0 Å². The summed E-state index contributed by atoms with van der Waals surface area (Å²) in [6.45, 7) is 0.780. The summed E-state index contributed by atoms with van der Waals surface area (Å²) in [5.74, 6) is -0.954. The zero-order valence-corrected chi connectivity index (χ0v) is 11.9. The Hall–Kier alpha value is -1.40. The number of carbonyl (C=O) groups is 2. The lowest BCUT2D eigenvalue weighted by Gasteiger charge is -2.08. The maximum Gasteiger partial charge on any atom is 0.335 e. The molecule has 5 nitrogen and oxygen atoms in total. The zero-order valence-electron chi connectivity index (χ0n) is 10.3. The van der Waals surface area contributed by atoms with E-state index in [9.17, 15) is 9.59 Å². The van der Waals surface area contributed by atoms with Crippen LogP contribution in [0.2, 0.25) is 0 Å². The van der Waals surface area contributed by atoms with Crippen LogP contribution in [-0.4, -0.2) is 29.6 Å². The van der Waals surface area contributed by atoms with Gasteiger partial charge in [-0.2, -0.15) is 0 Å². The van der Waals surface area contributed by atoms with Gasteiger partial charge in [0.1, 0.15) is 0 Å². The molecule has 1 fully saturated rings. The fourth-order valence-corrected chi connectivity index (χ4v) is 2.16. The van der Waals surface area contributed by atoms with E-state index in [4.69, 9.17) is 5.11 Å². The smallest absolute Gasteiger partial charge is 0.335 e. The summed E-state index contributed by atoms with van der Waals surface area (Å²) in [7, 11) is 0. The number of benzene rings is 1. The lowest BCUT2D eigenvalue weighted by Crippen LogP contribution is -2.34. The van der Waals surface area contributed by atoms with Gasteiger partial charge in [-0.15, -0.1) is 0 Å². The quantitative estimate of drug-likeness (QED) is 0.740. The highest BCUT2D eigenvalue weighted by Crippen LogP contribution is 2.19. The molecule has 0 radical (unpaired) electrons. The Morgan fingerprint density at radius 1 is 1.37 bits per heavy atom. The van der Waals surface area contributed by atoms with E-state index in [1.165, 1.54) is 0 Å². The number of rotatable bonds is 6. The number of carboxylic acid groups (broad SMARTS) is 1. The minimum Gasteiger partial charge on any atom is -0.478 e. The van der Waals surface area contributed by atoms with Crippen molar-refractivity contribution in [1.29, 1.82) is 0 Å². The number of carbonyl (C=O) groups excluding carboxylic acids is 1. The molecule has 1 saturated carbocycles. The van der Waals surface area contributed by atoms with E-state index >= 15 is 0 Å². The summed E-state index contributed by atoms with van der Waals surface area (Å²) in [6.07, 6.45) is 2.15. The summed E-state index contributed by atoms with van der Waals surface area (Å²) < 4.78 is 0.725. The number of carboxylic acids is 1. The van der Waals surface area contributed by atoms with Crippen LogP contribution in [0.3, 0.4) is 0 Å². The van der Waals surface area contributed by atoms with Crippen molar-refractivity contribution in [3.05, 3.63) is 33.8 Å². The third-order valence-corrected chi connectivity index (χ3v) is 3.58. The number of amides is 1. The van der Waals surface area contributed by atoms with Gasteiger partial charge in [-0.05, 0) is 30.5 Å². The van der Waals surface area contributed by atoms with Gasteiger partial charge < -0.3 is 15.7 Å². The predicted molar refractivity (Wildman–Crippen MR) is 74.0 cm³/mol. The maximum atomic E-state index is 11.4. The van der Waals surface area contributed by atoms with Gasteiger partial charge in [0.05, 0.1) is 12.1 Å². The first-order chi connectivity index (χ1) is 9.06. The van der Waals surface area contributed by atoms with Gasteiger partial charge in [-0.25, -0.2) is 4.79 Å². The van der Waals surface area contributed by atoms with E-state index in [2.05, 4.69) is 26.6 Å². The highest BCUT2D eigenvalue weighted by Gasteiger charge is 2.22. The molecule has 1 aromatic rings. The van der Waals surface area contributed by atoms with Crippen LogP contribution in [0.5, 0.6) is 0 Å². The van der Waals surface area contributed by atoms with E-state index < -0.39 is 5.97 Å². The van der Waals surface area contributed by atoms with Crippen LogP contribution in [-0.2, 0) is 11.3 Å². The van der Waals surface area contributed by atoms with Crippen molar-refractivity contribution in [2.75, 3.05) is 6.54 Å². The molecule has 19 heavy (non-hydrogen) atoms. The second-order valence-electron chi connectivity index (χ2n) is 4.56. The highest BCUT2D eigenvalue weighted by molar-refractivity contribution is 9.10. The minimum atomic E-state index is -0.955. The molecule has 0 bridgehead atoms. The standard InChI is InChI=1S/C13H15BrN2O3/c14-11-5-8(13(18)19)1-2-9(11)6-15-7-12(17)16-10-3-4-10/h1-2,5,10,15H,3-4,6-7H2,(H,16,17)(H,18,19). The Morgan fingerprint density at radius 2 is 2.11 bits per heavy atom. The lowest BCUT2D eigenvalue weighted by atomic mass is 10.1. The van der Waals surface area contributed by atoms with Crippen molar-refractivity contribution in [1.82, 2.24) is 10.6 Å². The van der Waals surface area contributed by atoms with E-state index in [0.717, 1.165) is 22.9 Å². The molecule has 1 aliphatic rings. The van der Waals surface area contributed by atoms with E-state index in [-0.39, 0.29) is 18.0 Å². The molecular formula is C13H15BrN2O3. The first kappa shape index (κ1) is 14.0. The Labute approximate surface area is 119 Å². The third-order valence-electron chi connectivity index (χ3n) is 2.84. The summed E-state index contributed by atoms with van der Waals surface area (Å²) in [5.41, 5.74) is 1.16. The Kier molecular flexibility index (Phi) is 4.55. The summed E-state index contributed by atoms with van der Waals surface area (Å²) in [5, 5.41) is 14.8. The van der Waals surface area contributed by atoms with Crippen LogP contribution >= 0.6 is 15.9 Å². The van der Waals surface area contributed by atoms with E-state index in [1.54, 1.807) is 18.2 Å². The molecule has 6 heteroatoms. The second-order valence-corrected chi connectivity index (χ2v) is 5.41. The number of nitrogens with one attached hydrogen (secondary N) is 2. The van der Waals surface area contributed by atoms with Crippen LogP contribution in [0.1, 0.15) is 28.8 Å². The molecule has 0 aliphatic heterocycles. The molecule has 102 valence electrons. The zero-order chi connectivity index (χ0) is 13.8. The molecule has 0 spiro atoms. The second kappa shape index (κ2) is 6.16. The fourth-order valence-electron chi connectivity index (χ4n) is 1.64. The number of hydrogen-bond donors (Lipinski definition) is 3. The van der Waals surface area contributed by atoms with Gasteiger partial charge in [0.15, 0.2) is 0 Å². The largest absolute Gasteiger partial charge is 0.478 e. The highest BCUT2D eigenvalue weighted by atomic mass is 79.9. The van der Waals surface area contributed by atoms with E-state index in [1.807, 2.05) is 0 Å². The fraction of sp³-hybridized carbons (Fsp3) is 0.385. The van der Waals surface area contributed by atoms with Gasteiger partial charge in [-0.1, -0.05) is 22.0 Å². The Balaban J connectivity index is 1.81. The first-order valence-electron chi connectivity index (χ1n) is 6.08. The summed E-state index contributed by atoms with van der Waals surface area (Å²) in [4.78, 5) is 22.2. The molecule has 3 N–H and O–H groups in total. The average Bonchev–Trinajstić information content (AvgIpc) is 3.14. The van der Waals surface area contributed by atoms with Crippen LogP contribution in [0, 0.1) is 0 Å². The van der Waals surface area contributed by atoms with Crippen LogP contribution in [0.25, 0.3) is 0 Å². The third kappa shape index (κ3) is 4.33. The van der Waals surface area contributed by atoms with E-state index in [0.29, 0.717) is 12.6 Å². The average molecular weight is 327 g/mol. The SMILES string of the molecule is O=C(CNCc1ccc(C(=O)O)cc1Br)NC1CC1. The Morgan fingerprint density at radius 3 is 2.68 bits per heavy atom. The van der Waals surface area contributed by atoms with Crippen LogP contribution in [0.15, 0.2) is 22.7 Å². The first-order valence-corrected chi connectivity index (χ1v) is 6.87. The molecule has 0 saturated heterocycles. The summed E-state index contributed by atoms with van der Waals surface area (Å²) in [6, 6.07) is 5.22. The Bertz CT molecular complexity index is 501. The van der Waals surface area contributed by atoms with Crippen LogP contribution < -0.4 is 10.6 Å². The molecule has 1 amide bonds. The van der Waals surface area contributed by atoms with Gasteiger partial charge in [-0.3, -0.25) is 4.79 Å². The van der Waals surface area contributed by atoms with Gasteiger partial charge >= 0.3 is 5.97 Å². The van der Waals surface area contributed by atoms with Gasteiger partial charge in [0, 0.05) is 17.1 Å². The van der Waals surface area contributed by atoms with Crippen molar-refractivity contribution < 1.29 is 14.7 Å². The molecule has 0 atom stereocenters. The number of halogens is 1. The maximum absolute atomic E-state index is 11.4. The molecular weight excluding hydrogens is 312 g/mol. The van der Waals surface area contributed by atoms with Crippen LogP contribution in [0.4, 0.5) is 0 Å². The van der Waals surface area contributed by atoms with Crippen molar-refractivity contribution in [3.63, 3.8) is 0 Å². The minimum absolute atomic E-state index is 0.000721. The molecule has 0 unspecified atom stereocenters. The molecule has 2 rings (SSSR count). The molecule has 0 heterocycles. The van der Waals surface area contributed by atoms with Crippen molar-refractivity contribution in [3.8, 4) is 0 Å². The van der Waals surface area contributed by atoms with Crippen molar-refractivity contribution in [2.45, 2.75) is 25.4 Å². The number of aromatic carboxylic acids is 1. The monoisotopic (exact) mass is 326 g/mol. The topological polar surface area (TPSA) is 78.4 Å². The van der Waals surface area contributed by atoms with Gasteiger partial charge in [0.25, 0.3) is 0 Å². The lowest BCUT2D eigenvalue weighted by molar-refractivity contribution is -0.120. The number of hydrogen-bond acceptors (Lipinski definition) is 3. The van der Waals surface area contributed by atoms with Gasteiger partial charge in [0.2, 0.25) is 5.91 Å². The molecule has 1 aliphatic carbocycles. The molecule has 1 aromatic carbocycles. The normalized spacial score (nSPS) is 14.2. The van der Waals surface area contributed by atoms with Crippen molar-refractivity contribution >= 4 is 27.8 Å².